The molecule has 110 valence electrons. The highest BCUT2D eigenvalue weighted by Crippen LogP contribution is 2.33. The summed E-state index contributed by atoms with van der Waals surface area (Å²) in [5.74, 6) is 0. The minimum Gasteiger partial charge on any atom is -0.265 e. The van der Waals surface area contributed by atoms with Gasteiger partial charge in [0.15, 0.2) is 0 Å². The Hall–Kier alpha value is -1.24. The zero-order chi connectivity index (χ0) is 14.9. The summed E-state index contributed by atoms with van der Waals surface area (Å²) in [6.45, 7) is 0.391. The highest BCUT2D eigenvalue weighted by Gasteiger charge is 2.38. The Labute approximate surface area is 133 Å². The van der Waals surface area contributed by atoms with Crippen LogP contribution in [0.15, 0.2) is 58.2 Å². The molecule has 21 heavy (non-hydrogen) atoms. The lowest BCUT2D eigenvalue weighted by molar-refractivity contribution is 0.398. The Morgan fingerprint density at radius 2 is 1.90 bits per heavy atom. The molecule has 0 N–H and O–H groups in total. The number of hydrogen-bond donors (Lipinski definition) is 0. The third-order valence-corrected chi connectivity index (χ3v) is 5.83. The summed E-state index contributed by atoms with van der Waals surface area (Å²) in [4.78, 5) is 4.30. The van der Waals surface area contributed by atoms with Crippen LogP contribution >= 0.6 is 15.9 Å². The van der Waals surface area contributed by atoms with Gasteiger partial charge in [0.1, 0.15) is 0 Å². The van der Waals surface area contributed by atoms with Gasteiger partial charge >= 0.3 is 0 Å². The van der Waals surface area contributed by atoms with Crippen molar-refractivity contribution in [2.75, 3.05) is 0 Å². The Bertz CT molecular complexity index is 730. The van der Waals surface area contributed by atoms with Crippen molar-refractivity contribution in [1.29, 1.82) is 0 Å². The number of pyridine rings is 1. The molecule has 6 heteroatoms. The second kappa shape index (κ2) is 5.87. The van der Waals surface area contributed by atoms with E-state index in [9.17, 15) is 8.42 Å². The van der Waals surface area contributed by atoms with Crippen molar-refractivity contribution in [3.05, 3.63) is 58.8 Å². The van der Waals surface area contributed by atoms with Crippen LogP contribution in [0.4, 0.5) is 0 Å². The lowest BCUT2D eigenvalue weighted by Gasteiger charge is -2.22. The molecule has 3 rings (SSSR count). The van der Waals surface area contributed by atoms with Crippen LogP contribution in [0.3, 0.4) is 0 Å². The molecule has 0 radical (unpaired) electrons. The number of rotatable bonds is 5. The van der Waals surface area contributed by atoms with Gasteiger partial charge in [-0.3, -0.25) is 4.98 Å². The second-order valence-electron chi connectivity index (χ2n) is 5.09. The van der Waals surface area contributed by atoms with Crippen LogP contribution in [-0.4, -0.2) is 23.7 Å². The van der Waals surface area contributed by atoms with Crippen molar-refractivity contribution in [3.8, 4) is 0 Å². The summed E-state index contributed by atoms with van der Waals surface area (Å²) in [6.07, 6.45) is 5.23. The first-order valence-corrected chi connectivity index (χ1v) is 8.97. The van der Waals surface area contributed by atoms with E-state index in [4.69, 9.17) is 0 Å². The normalized spacial score (nSPS) is 15.3. The highest BCUT2D eigenvalue weighted by atomic mass is 79.9. The third-order valence-electron chi connectivity index (χ3n) is 3.44. The lowest BCUT2D eigenvalue weighted by atomic mass is 10.3. The molecule has 4 nitrogen and oxygen atoms in total. The largest absolute Gasteiger partial charge is 0.265 e. The topological polar surface area (TPSA) is 50.3 Å². The fourth-order valence-corrected chi connectivity index (χ4v) is 4.47. The van der Waals surface area contributed by atoms with Crippen LogP contribution in [0.2, 0.25) is 0 Å². The number of halogens is 1. The van der Waals surface area contributed by atoms with Gasteiger partial charge in [0, 0.05) is 29.5 Å². The smallest absolute Gasteiger partial charge is 0.243 e. The van der Waals surface area contributed by atoms with Crippen LogP contribution < -0.4 is 0 Å². The van der Waals surface area contributed by atoms with E-state index in [0.717, 1.165) is 22.9 Å². The molecule has 2 aromatic rings. The van der Waals surface area contributed by atoms with E-state index in [1.807, 2.05) is 18.2 Å². The van der Waals surface area contributed by atoms with Gasteiger partial charge in [-0.2, -0.15) is 4.31 Å². The minimum absolute atomic E-state index is 0.113. The predicted octanol–water partition coefficient (Wildman–Crippen LogP) is 3.20. The monoisotopic (exact) mass is 366 g/mol. The Balaban J connectivity index is 1.93. The summed E-state index contributed by atoms with van der Waals surface area (Å²) in [6, 6.07) is 10.7. The molecule has 1 heterocycles. The molecule has 0 aliphatic heterocycles. The summed E-state index contributed by atoms with van der Waals surface area (Å²) < 4.78 is 28.1. The first-order chi connectivity index (χ1) is 10.1. The van der Waals surface area contributed by atoms with Crippen molar-refractivity contribution < 1.29 is 8.42 Å². The molecule has 0 unspecified atom stereocenters. The van der Waals surface area contributed by atoms with Crippen molar-refractivity contribution in [3.63, 3.8) is 0 Å². The Morgan fingerprint density at radius 3 is 2.52 bits per heavy atom. The van der Waals surface area contributed by atoms with E-state index in [0.29, 0.717) is 11.4 Å². The predicted molar refractivity (Wildman–Crippen MR) is 84.1 cm³/mol. The van der Waals surface area contributed by atoms with Crippen LogP contribution in [0.25, 0.3) is 0 Å². The van der Waals surface area contributed by atoms with Gasteiger partial charge in [0.05, 0.1) is 4.90 Å². The van der Waals surface area contributed by atoms with Crippen molar-refractivity contribution >= 4 is 26.0 Å². The molecule has 0 bridgehead atoms. The standard InChI is InChI=1S/C15H15BrN2O2S/c16-13-2-1-3-15(10-13)21(19,20)18(14-4-5-14)11-12-6-8-17-9-7-12/h1-3,6-10,14H,4-5,11H2. The molecule has 1 aliphatic rings. The van der Waals surface area contributed by atoms with Gasteiger partial charge in [-0.25, -0.2) is 8.42 Å². The van der Waals surface area contributed by atoms with Gasteiger partial charge in [-0.15, -0.1) is 0 Å². The van der Waals surface area contributed by atoms with E-state index in [-0.39, 0.29) is 6.04 Å². The number of sulfonamides is 1. The van der Waals surface area contributed by atoms with Gasteiger partial charge in [0.25, 0.3) is 0 Å². The van der Waals surface area contributed by atoms with Crippen LogP contribution in [0, 0.1) is 0 Å². The van der Waals surface area contributed by atoms with Crippen molar-refractivity contribution in [2.24, 2.45) is 0 Å². The molecule has 1 aromatic heterocycles. The number of aromatic nitrogens is 1. The molecule has 1 aliphatic carbocycles. The SMILES string of the molecule is O=S(=O)(c1cccc(Br)c1)N(Cc1ccncc1)C1CC1. The fraction of sp³-hybridized carbons (Fsp3) is 0.267. The van der Waals surface area contributed by atoms with Crippen LogP contribution in [-0.2, 0) is 16.6 Å². The quantitative estimate of drug-likeness (QED) is 0.816. The maximum absolute atomic E-state index is 12.9. The zero-order valence-electron chi connectivity index (χ0n) is 11.3. The van der Waals surface area contributed by atoms with E-state index in [1.165, 1.54) is 0 Å². The molecule has 0 atom stereocenters. The maximum Gasteiger partial charge on any atom is 0.243 e. The Morgan fingerprint density at radius 1 is 1.19 bits per heavy atom. The fourth-order valence-electron chi connectivity index (χ4n) is 2.20. The summed E-state index contributed by atoms with van der Waals surface area (Å²) in [5.41, 5.74) is 0.954. The molecule has 1 saturated carbocycles. The van der Waals surface area contributed by atoms with E-state index >= 15 is 0 Å². The molecule has 0 spiro atoms. The van der Waals surface area contributed by atoms with Crippen LogP contribution in [0.1, 0.15) is 18.4 Å². The molecule has 1 aromatic carbocycles. The molecule has 1 fully saturated rings. The second-order valence-corrected chi connectivity index (χ2v) is 7.90. The van der Waals surface area contributed by atoms with E-state index in [1.54, 1.807) is 34.9 Å². The van der Waals surface area contributed by atoms with Gasteiger partial charge in [-0.05, 0) is 48.7 Å². The average Bonchev–Trinajstić information content (AvgIpc) is 3.30. The van der Waals surface area contributed by atoms with E-state index < -0.39 is 10.0 Å². The lowest BCUT2D eigenvalue weighted by Crippen LogP contribution is -2.32. The number of nitrogens with zero attached hydrogens (tertiary/aromatic N) is 2. The number of hydrogen-bond acceptors (Lipinski definition) is 3. The van der Waals surface area contributed by atoms with E-state index in [2.05, 4.69) is 20.9 Å². The molecule has 0 amide bonds. The van der Waals surface area contributed by atoms with Crippen molar-refractivity contribution in [1.82, 2.24) is 9.29 Å². The maximum atomic E-state index is 12.9. The molecule has 0 saturated heterocycles. The summed E-state index contributed by atoms with van der Waals surface area (Å²) >= 11 is 3.33. The molecular formula is C15H15BrN2O2S. The highest BCUT2D eigenvalue weighted by molar-refractivity contribution is 9.10. The van der Waals surface area contributed by atoms with Crippen molar-refractivity contribution in [2.45, 2.75) is 30.3 Å². The molecular weight excluding hydrogens is 352 g/mol. The average molecular weight is 367 g/mol. The Kier molecular flexibility index (Phi) is 4.10. The van der Waals surface area contributed by atoms with Gasteiger partial charge in [0.2, 0.25) is 10.0 Å². The first kappa shape index (κ1) is 14.7. The first-order valence-electron chi connectivity index (χ1n) is 6.74. The van der Waals surface area contributed by atoms with Gasteiger partial charge < -0.3 is 0 Å². The summed E-state index contributed by atoms with van der Waals surface area (Å²) in [7, 11) is -3.48. The minimum atomic E-state index is -3.48. The van der Waals surface area contributed by atoms with Crippen LogP contribution in [0.5, 0.6) is 0 Å². The number of benzene rings is 1. The van der Waals surface area contributed by atoms with Gasteiger partial charge in [-0.1, -0.05) is 22.0 Å². The zero-order valence-corrected chi connectivity index (χ0v) is 13.7. The summed E-state index contributed by atoms with van der Waals surface area (Å²) in [5, 5.41) is 0. The third kappa shape index (κ3) is 3.33.